The third kappa shape index (κ3) is 4.12. The van der Waals surface area contributed by atoms with Crippen molar-refractivity contribution in [1.82, 2.24) is 9.88 Å². The van der Waals surface area contributed by atoms with Crippen LogP contribution in [0.1, 0.15) is 18.1 Å². The van der Waals surface area contributed by atoms with E-state index >= 15 is 0 Å². The Morgan fingerprint density at radius 2 is 1.92 bits per heavy atom. The van der Waals surface area contributed by atoms with E-state index in [0.29, 0.717) is 43.3 Å². The molecule has 0 aliphatic carbocycles. The minimum absolute atomic E-state index is 0.0225. The average Bonchev–Trinajstić information content (AvgIpc) is 2.72. The van der Waals surface area contributed by atoms with Crippen LogP contribution < -0.4 is 9.64 Å². The van der Waals surface area contributed by atoms with Gasteiger partial charge in [-0.05, 0) is 36.2 Å². The lowest BCUT2D eigenvalue weighted by Gasteiger charge is -2.35. The van der Waals surface area contributed by atoms with Crippen LogP contribution in [0.5, 0.6) is 5.75 Å². The second kappa shape index (κ2) is 8.34. The van der Waals surface area contributed by atoms with E-state index in [1.54, 1.807) is 23.2 Å². The van der Waals surface area contributed by atoms with E-state index in [4.69, 9.17) is 4.74 Å². The highest BCUT2D eigenvalue weighted by molar-refractivity contribution is 5.78. The first-order valence-corrected chi connectivity index (χ1v) is 8.81. The fraction of sp³-hybridized carbons (Fsp3) is 0.350. The van der Waals surface area contributed by atoms with Crippen molar-refractivity contribution in [3.63, 3.8) is 0 Å². The van der Waals surface area contributed by atoms with Crippen LogP contribution in [-0.4, -0.2) is 48.6 Å². The van der Waals surface area contributed by atoms with Crippen LogP contribution >= 0.6 is 0 Å². The standard InChI is InChI=1S/C20H22N4O2/c1-2-16-5-7-18(8-6-16)26-15-19(25)23-10-12-24(13-11-23)20-17(14-21)4-3-9-22-20/h3-9H,2,10-13,15H2,1H3. The molecule has 6 nitrogen and oxygen atoms in total. The molecule has 3 rings (SSSR count). The molecule has 2 aromatic rings. The van der Waals surface area contributed by atoms with Crippen molar-refractivity contribution in [1.29, 1.82) is 5.26 Å². The van der Waals surface area contributed by atoms with Crippen molar-refractivity contribution in [3.8, 4) is 11.8 Å². The van der Waals surface area contributed by atoms with Gasteiger partial charge in [0.25, 0.3) is 5.91 Å². The number of anilines is 1. The zero-order valence-electron chi connectivity index (χ0n) is 14.9. The predicted molar refractivity (Wildman–Crippen MR) is 99.1 cm³/mol. The molecule has 0 radical (unpaired) electrons. The number of hydrogen-bond donors (Lipinski definition) is 0. The number of aromatic nitrogens is 1. The minimum Gasteiger partial charge on any atom is -0.484 e. The second-order valence-electron chi connectivity index (χ2n) is 6.14. The Kier molecular flexibility index (Phi) is 5.69. The molecule has 1 saturated heterocycles. The molecule has 0 bridgehead atoms. The fourth-order valence-electron chi connectivity index (χ4n) is 2.96. The summed E-state index contributed by atoms with van der Waals surface area (Å²) in [6.45, 7) is 4.64. The minimum atomic E-state index is -0.0225. The molecule has 1 aliphatic heterocycles. The Balaban J connectivity index is 1.51. The number of ether oxygens (including phenoxy) is 1. The maximum Gasteiger partial charge on any atom is 0.260 e. The van der Waals surface area contributed by atoms with Gasteiger partial charge in [0.05, 0.1) is 5.56 Å². The van der Waals surface area contributed by atoms with Crippen molar-refractivity contribution in [3.05, 3.63) is 53.7 Å². The molecule has 1 aromatic heterocycles. The van der Waals surface area contributed by atoms with Crippen LogP contribution in [0, 0.1) is 11.3 Å². The van der Waals surface area contributed by atoms with Crippen LogP contribution in [0.15, 0.2) is 42.6 Å². The zero-order valence-corrected chi connectivity index (χ0v) is 14.9. The molecule has 134 valence electrons. The lowest BCUT2D eigenvalue weighted by Crippen LogP contribution is -2.50. The Labute approximate surface area is 153 Å². The molecule has 0 N–H and O–H groups in total. The maximum absolute atomic E-state index is 12.4. The molecule has 1 amide bonds. The number of pyridine rings is 1. The third-order valence-electron chi connectivity index (χ3n) is 4.53. The van der Waals surface area contributed by atoms with Gasteiger partial charge in [0, 0.05) is 32.4 Å². The molecule has 6 heteroatoms. The van der Waals surface area contributed by atoms with Gasteiger partial charge in [0.15, 0.2) is 6.61 Å². The van der Waals surface area contributed by atoms with Gasteiger partial charge in [-0.25, -0.2) is 4.98 Å². The number of benzene rings is 1. The van der Waals surface area contributed by atoms with Gasteiger partial charge in [0.1, 0.15) is 17.6 Å². The summed E-state index contributed by atoms with van der Waals surface area (Å²) in [7, 11) is 0. The van der Waals surface area contributed by atoms with E-state index in [-0.39, 0.29) is 12.5 Å². The van der Waals surface area contributed by atoms with E-state index in [9.17, 15) is 10.1 Å². The first kappa shape index (κ1) is 17.7. The largest absolute Gasteiger partial charge is 0.484 e. The summed E-state index contributed by atoms with van der Waals surface area (Å²) in [5, 5.41) is 9.20. The summed E-state index contributed by atoms with van der Waals surface area (Å²) in [6, 6.07) is 13.5. The smallest absolute Gasteiger partial charge is 0.260 e. The average molecular weight is 350 g/mol. The molecule has 26 heavy (non-hydrogen) atoms. The normalized spacial score (nSPS) is 14.0. The Hall–Kier alpha value is -3.07. The van der Waals surface area contributed by atoms with Crippen LogP contribution in [0.2, 0.25) is 0 Å². The lowest BCUT2D eigenvalue weighted by atomic mass is 10.2. The lowest BCUT2D eigenvalue weighted by molar-refractivity contribution is -0.133. The number of rotatable bonds is 5. The SMILES string of the molecule is CCc1ccc(OCC(=O)N2CCN(c3ncccc3C#N)CC2)cc1. The van der Waals surface area contributed by atoms with Gasteiger partial charge >= 0.3 is 0 Å². The molecule has 1 aliphatic rings. The van der Waals surface area contributed by atoms with Crippen molar-refractivity contribution in [2.45, 2.75) is 13.3 Å². The van der Waals surface area contributed by atoms with Crippen LogP contribution in [0.25, 0.3) is 0 Å². The molecular formula is C20H22N4O2. The number of nitrogens with zero attached hydrogens (tertiary/aromatic N) is 4. The topological polar surface area (TPSA) is 69.5 Å². The third-order valence-corrected chi connectivity index (χ3v) is 4.53. The number of amides is 1. The van der Waals surface area contributed by atoms with Crippen molar-refractivity contribution in [2.75, 3.05) is 37.7 Å². The molecular weight excluding hydrogens is 328 g/mol. The summed E-state index contributed by atoms with van der Waals surface area (Å²) >= 11 is 0. The number of piperazine rings is 1. The molecule has 0 unspecified atom stereocenters. The van der Waals surface area contributed by atoms with E-state index in [2.05, 4.69) is 18.0 Å². The first-order chi connectivity index (χ1) is 12.7. The van der Waals surface area contributed by atoms with Gasteiger partial charge in [0.2, 0.25) is 0 Å². The second-order valence-corrected chi connectivity index (χ2v) is 6.14. The summed E-state index contributed by atoms with van der Waals surface area (Å²) in [5.41, 5.74) is 1.80. The van der Waals surface area contributed by atoms with Gasteiger partial charge < -0.3 is 14.5 Å². The number of hydrogen-bond acceptors (Lipinski definition) is 5. The van der Waals surface area contributed by atoms with Crippen LogP contribution in [-0.2, 0) is 11.2 Å². The molecule has 0 spiro atoms. The fourth-order valence-corrected chi connectivity index (χ4v) is 2.96. The Morgan fingerprint density at radius 1 is 1.19 bits per heavy atom. The number of carbonyl (C=O) groups is 1. The van der Waals surface area contributed by atoms with Crippen LogP contribution in [0.4, 0.5) is 5.82 Å². The summed E-state index contributed by atoms with van der Waals surface area (Å²) in [4.78, 5) is 20.5. The quantitative estimate of drug-likeness (QED) is 0.827. The monoisotopic (exact) mass is 350 g/mol. The highest BCUT2D eigenvalue weighted by Crippen LogP contribution is 2.18. The number of carbonyl (C=O) groups excluding carboxylic acids is 1. The highest BCUT2D eigenvalue weighted by Gasteiger charge is 2.23. The summed E-state index contributed by atoms with van der Waals surface area (Å²) < 4.78 is 5.61. The van der Waals surface area contributed by atoms with Crippen molar-refractivity contribution >= 4 is 11.7 Å². The van der Waals surface area contributed by atoms with E-state index < -0.39 is 0 Å². The van der Waals surface area contributed by atoms with Gasteiger partial charge in [-0.2, -0.15) is 5.26 Å². The summed E-state index contributed by atoms with van der Waals surface area (Å²) in [6.07, 6.45) is 2.67. The molecule has 0 atom stereocenters. The van der Waals surface area contributed by atoms with Crippen molar-refractivity contribution < 1.29 is 9.53 Å². The van der Waals surface area contributed by atoms with Gasteiger partial charge in [-0.15, -0.1) is 0 Å². The Bertz CT molecular complexity index is 790. The van der Waals surface area contributed by atoms with Gasteiger partial charge in [-0.3, -0.25) is 4.79 Å². The van der Waals surface area contributed by atoms with Crippen LogP contribution in [0.3, 0.4) is 0 Å². The number of aryl methyl sites for hydroxylation is 1. The molecule has 0 saturated carbocycles. The zero-order chi connectivity index (χ0) is 18.4. The number of nitriles is 1. The van der Waals surface area contributed by atoms with Gasteiger partial charge in [-0.1, -0.05) is 19.1 Å². The molecule has 1 aromatic carbocycles. The van der Waals surface area contributed by atoms with E-state index in [1.807, 2.05) is 29.2 Å². The molecule has 1 fully saturated rings. The maximum atomic E-state index is 12.4. The van der Waals surface area contributed by atoms with Crippen molar-refractivity contribution in [2.24, 2.45) is 0 Å². The highest BCUT2D eigenvalue weighted by atomic mass is 16.5. The molecule has 2 heterocycles. The van der Waals surface area contributed by atoms with E-state index in [0.717, 1.165) is 6.42 Å². The predicted octanol–water partition coefficient (Wildman–Crippen LogP) is 2.24. The first-order valence-electron chi connectivity index (χ1n) is 8.81. The Morgan fingerprint density at radius 3 is 2.58 bits per heavy atom. The summed E-state index contributed by atoms with van der Waals surface area (Å²) in [5.74, 6) is 1.38. The van der Waals surface area contributed by atoms with E-state index in [1.165, 1.54) is 5.56 Å².